The number of aromatic amines is 1. The van der Waals surface area contributed by atoms with E-state index in [1.165, 1.54) is 0 Å². The molecule has 1 atom stereocenters. The molecule has 1 unspecified atom stereocenters. The molecule has 0 saturated heterocycles. The summed E-state index contributed by atoms with van der Waals surface area (Å²) in [5.74, 6) is 0.357. The molecule has 0 bridgehead atoms. The fraction of sp³-hybridized carbons (Fsp3) is 0.174. The number of carbonyl (C=O) groups is 1. The zero-order valence-corrected chi connectivity index (χ0v) is 16.9. The number of H-pyrrole nitrogens is 1. The largest absolute Gasteiger partial charge is 0.484 e. The summed E-state index contributed by atoms with van der Waals surface area (Å²) in [7, 11) is 0. The molecule has 1 amide bonds. The van der Waals surface area contributed by atoms with E-state index in [1.54, 1.807) is 12.1 Å². The average molecular weight is 415 g/mol. The molecule has 8 heteroatoms. The van der Waals surface area contributed by atoms with E-state index >= 15 is 0 Å². The lowest BCUT2D eigenvalue weighted by Gasteiger charge is -2.23. The first-order valence-electron chi connectivity index (χ1n) is 9.72. The van der Waals surface area contributed by atoms with Gasteiger partial charge in [-0.3, -0.25) is 9.89 Å². The Balaban J connectivity index is 1.43. The maximum atomic E-state index is 12.1. The number of aryl methyl sites for hydroxylation is 1. The molecule has 0 fully saturated rings. The van der Waals surface area contributed by atoms with E-state index in [0.717, 1.165) is 22.4 Å². The van der Waals surface area contributed by atoms with Crippen LogP contribution in [0.25, 0.3) is 0 Å². The number of hydrogen-bond acceptors (Lipinski definition) is 6. The van der Waals surface area contributed by atoms with Crippen LogP contribution in [0.15, 0.2) is 66.1 Å². The van der Waals surface area contributed by atoms with Crippen LogP contribution in [0.4, 0.5) is 0 Å². The zero-order valence-electron chi connectivity index (χ0n) is 16.9. The van der Waals surface area contributed by atoms with Crippen LogP contribution >= 0.6 is 0 Å². The zero-order chi connectivity index (χ0) is 21.8. The summed E-state index contributed by atoms with van der Waals surface area (Å²) in [6, 6.07) is 19.0. The quantitative estimate of drug-likeness (QED) is 0.568. The highest BCUT2D eigenvalue weighted by Gasteiger charge is 2.34. The van der Waals surface area contributed by atoms with Crippen LogP contribution in [0.3, 0.4) is 0 Å². The molecule has 0 aliphatic carbocycles. The first-order valence-corrected chi connectivity index (χ1v) is 9.72. The molecular weight excluding hydrogens is 394 g/mol. The molecule has 0 saturated carbocycles. The Morgan fingerprint density at radius 1 is 1.26 bits per heavy atom. The van der Waals surface area contributed by atoms with Crippen LogP contribution in [0.2, 0.25) is 0 Å². The summed E-state index contributed by atoms with van der Waals surface area (Å²) in [4.78, 5) is 12.1. The Kier molecular flexibility index (Phi) is 5.58. The third-order valence-corrected chi connectivity index (χ3v) is 5.05. The predicted octanol–water partition coefficient (Wildman–Crippen LogP) is 2.63. The van der Waals surface area contributed by atoms with Gasteiger partial charge in [-0.1, -0.05) is 42.5 Å². The second kappa shape index (κ2) is 8.63. The summed E-state index contributed by atoms with van der Waals surface area (Å²) in [6.45, 7) is 2.22. The van der Waals surface area contributed by atoms with E-state index in [2.05, 4.69) is 21.6 Å². The Labute approximate surface area is 179 Å². The molecule has 0 spiro atoms. The molecule has 31 heavy (non-hydrogen) atoms. The lowest BCUT2D eigenvalue weighted by molar-refractivity contribution is -0.123. The minimum atomic E-state index is -0.393. The van der Waals surface area contributed by atoms with Crippen LogP contribution in [-0.4, -0.2) is 22.7 Å². The Bertz CT molecular complexity index is 1160. The fourth-order valence-electron chi connectivity index (χ4n) is 3.48. The standard InChI is InChI=1S/C23H21N5O3/c1-14-20-21(18(11-24)22(25)31-23(20)28-27-14)16-7-9-17(10-8-16)30-13-19(29)26-12-15-5-3-2-4-6-15/h2-10,21H,12-13,25H2,1H3,(H,26,29)(H,27,28). The molecule has 8 nitrogen and oxygen atoms in total. The van der Waals surface area contributed by atoms with Gasteiger partial charge >= 0.3 is 0 Å². The van der Waals surface area contributed by atoms with E-state index in [9.17, 15) is 10.1 Å². The van der Waals surface area contributed by atoms with Crippen LogP contribution < -0.4 is 20.5 Å². The van der Waals surface area contributed by atoms with Crippen molar-refractivity contribution >= 4 is 5.91 Å². The van der Waals surface area contributed by atoms with Crippen molar-refractivity contribution in [1.82, 2.24) is 15.5 Å². The number of nitrogens with zero attached hydrogens (tertiary/aromatic N) is 2. The lowest BCUT2D eigenvalue weighted by Crippen LogP contribution is -2.28. The van der Waals surface area contributed by atoms with Gasteiger partial charge in [0.2, 0.25) is 11.8 Å². The second-order valence-electron chi connectivity index (χ2n) is 7.11. The van der Waals surface area contributed by atoms with Gasteiger partial charge in [0.25, 0.3) is 5.91 Å². The highest BCUT2D eigenvalue weighted by molar-refractivity contribution is 5.77. The Hall–Kier alpha value is -4.25. The summed E-state index contributed by atoms with van der Waals surface area (Å²) >= 11 is 0. The van der Waals surface area contributed by atoms with Gasteiger partial charge in [0.05, 0.1) is 5.92 Å². The molecule has 4 rings (SSSR count). The molecule has 1 aromatic heterocycles. The van der Waals surface area contributed by atoms with Crippen molar-refractivity contribution in [3.63, 3.8) is 0 Å². The van der Waals surface area contributed by atoms with E-state index in [-0.39, 0.29) is 18.4 Å². The van der Waals surface area contributed by atoms with Crippen molar-refractivity contribution in [1.29, 1.82) is 5.26 Å². The number of nitrogens with two attached hydrogens (primary N) is 1. The molecule has 2 aromatic carbocycles. The molecule has 0 radical (unpaired) electrons. The number of carbonyl (C=O) groups excluding carboxylic acids is 1. The number of ether oxygens (including phenoxy) is 2. The van der Waals surface area contributed by atoms with E-state index in [0.29, 0.717) is 23.7 Å². The molecule has 1 aliphatic heterocycles. The maximum absolute atomic E-state index is 12.1. The number of benzene rings is 2. The fourth-order valence-corrected chi connectivity index (χ4v) is 3.48. The number of allylic oxidation sites excluding steroid dienone is 1. The number of hydrogen-bond donors (Lipinski definition) is 3. The third-order valence-electron chi connectivity index (χ3n) is 5.05. The number of fused-ring (bicyclic) bond motifs is 1. The minimum absolute atomic E-state index is 0.0434. The van der Waals surface area contributed by atoms with Crippen molar-refractivity contribution in [3.8, 4) is 17.7 Å². The van der Waals surface area contributed by atoms with Gasteiger partial charge in [0.15, 0.2) is 6.61 Å². The van der Waals surface area contributed by atoms with Crippen molar-refractivity contribution < 1.29 is 14.3 Å². The topological polar surface area (TPSA) is 126 Å². The first kappa shape index (κ1) is 20.0. The summed E-state index contributed by atoms with van der Waals surface area (Å²) in [5.41, 5.74) is 9.70. The first-order chi connectivity index (χ1) is 15.1. The SMILES string of the molecule is Cc1[nH]nc2c1C(c1ccc(OCC(=O)NCc3ccccc3)cc1)C(C#N)=C(N)O2. The minimum Gasteiger partial charge on any atom is -0.484 e. The molecule has 2 heterocycles. The van der Waals surface area contributed by atoms with Crippen molar-refractivity contribution in [2.24, 2.45) is 5.73 Å². The second-order valence-corrected chi connectivity index (χ2v) is 7.11. The van der Waals surface area contributed by atoms with Crippen LogP contribution in [0.5, 0.6) is 11.6 Å². The van der Waals surface area contributed by atoms with Gasteiger partial charge in [-0.2, -0.15) is 5.26 Å². The van der Waals surface area contributed by atoms with Crippen LogP contribution in [0.1, 0.15) is 28.3 Å². The van der Waals surface area contributed by atoms with Gasteiger partial charge in [0, 0.05) is 17.8 Å². The molecule has 1 aliphatic rings. The van der Waals surface area contributed by atoms with Gasteiger partial charge in [0.1, 0.15) is 17.4 Å². The number of nitriles is 1. The molecule has 156 valence electrons. The molecule has 4 N–H and O–H groups in total. The van der Waals surface area contributed by atoms with Gasteiger partial charge < -0.3 is 20.5 Å². The van der Waals surface area contributed by atoms with Crippen molar-refractivity contribution in [3.05, 3.63) is 88.4 Å². The normalized spacial score (nSPS) is 14.9. The monoisotopic (exact) mass is 415 g/mol. The molecular formula is C23H21N5O3. The number of rotatable bonds is 6. The molecule has 3 aromatic rings. The summed E-state index contributed by atoms with van der Waals surface area (Å²) in [5, 5.41) is 19.4. The highest BCUT2D eigenvalue weighted by Crippen LogP contribution is 2.42. The predicted molar refractivity (Wildman–Crippen MR) is 113 cm³/mol. The number of amides is 1. The third kappa shape index (κ3) is 4.21. The lowest BCUT2D eigenvalue weighted by atomic mass is 9.84. The number of aromatic nitrogens is 2. The van der Waals surface area contributed by atoms with Gasteiger partial charge in [-0.05, 0) is 30.2 Å². The van der Waals surface area contributed by atoms with Crippen LogP contribution in [0, 0.1) is 18.3 Å². The highest BCUT2D eigenvalue weighted by atomic mass is 16.5. The maximum Gasteiger partial charge on any atom is 0.258 e. The van der Waals surface area contributed by atoms with Gasteiger partial charge in [-0.25, -0.2) is 0 Å². The van der Waals surface area contributed by atoms with E-state index < -0.39 is 5.92 Å². The van der Waals surface area contributed by atoms with Crippen LogP contribution in [-0.2, 0) is 11.3 Å². The van der Waals surface area contributed by atoms with Gasteiger partial charge in [-0.15, -0.1) is 5.10 Å². The van der Waals surface area contributed by atoms with Crippen molar-refractivity contribution in [2.45, 2.75) is 19.4 Å². The average Bonchev–Trinajstić information content (AvgIpc) is 3.16. The Morgan fingerprint density at radius 3 is 2.71 bits per heavy atom. The summed E-state index contributed by atoms with van der Waals surface area (Å²) < 4.78 is 11.1. The van der Waals surface area contributed by atoms with E-state index in [1.807, 2.05) is 49.4 Å². The Morgan fingerprint density at radius 2 is 2.00 bits per heavy atom. The smallest absolute Gasteiger partial charge is 0.258 e. The summed E-state index contributed by atoms with van der Waals surface area (Å²) in [6.07, 6.45) is 0. The van der Waals surface area contributed by atoms with E-state index in [4.69, 9.17) is 15.2 Å². The van der Waals surface area contributed by atoms with Crippen molar-refractivity contribution in [2.75, 3.05) is 6.61 Å². The number of nitrogens with one attached hydrogen (secondary N) is 2.